The zero-order valence-electron chi connectivity index (χ0n) is 43.1. The molecular weight excluding hydrogens is 1070 g/mol. The minimum atomic E-state index is -1.11. The van der Waals surface area contributed by atoms with Gasteiger partial charge in [0.25, 0.3) is 0 Å². The fourth-order valence-corrected chi connectivity index (χ4v) is 11.5. The predicted molar refractivity (Wildman–Crippen MR) is 284 cm³/mol. The summed E-state index contributed by atoms with van der Waals surface area (Å²) in [4.78, 5) is 165. The van der Waals surface area contributed by atoms with Gasteiger partial charge in [-0.1, -0.05) is 70.9 Å². The maximum atomic E-state index is 13.1. The van der Waals surface area contributed by atoms with Crippen LogP contribution >= 0.6 is 43.2 Å². The Labute approximate surface area is 454 Å². The van der Waals surface area contributed by atoms with E-state index < -0.39 is 131 Å². The monoisotopic (exact) mass is 1140 g/mol. The van der Waals surface area contributed by atoms with Crippen molar-refractivity contribution in [3.05, 3.63) is 36.4 Å². The summed E-state index contributed by atoms with van der Waals surface area (Å²) in [6.45, 7) is 12.3. The van der Waals surface area contributed by atoms with Gasteiger partial charge in [-0.15, -0.1) is 0 Å². The average Bonchev–Trinajstić information content (AvgIpc) is 4.06. The molecule has 2 aliphatic rings. The van der Waals surface area contributed by atoms with Crippen molar-refractivity contribution < 1.29 is 57.5 Å². The fourth-order valence-electron chi connectivity index (χ4n) is 6.82. The van der Waals surface area contributed by atoms with Crippen LogP contribution in [0.15, 0.2) is 25.0 Å². The van der Waals surface area contributed by atoms with E-state index in [2.05, 4.69) is 73.1 Å². The number of nitrogens with one attached hydrogen (secondary N) is 12. The van der Waals surface area contributed by atoms with Gasteiger partial charge >= 0.3 is 0 Å². The smallest absolute Gasteiger partial charge is 0.244 e. The number of aromatic amines is 2. The van der Waals surface area contributed by atoms with E-state index in [0.717, 1.165) is 0 Å². The Kier molecular flexibility index (Phi) is 26.4. The van der Waals surface area contributed by atoms with Gasteiger partial charge in [-0.05, 0) is 25.7 Å². The van der Waals surface area contributed by atoms with E-state index in [1.54, 1.807) is 27.7 Å². The molecule has 28 nitrogen and oxygen atoms in total. The van der Waals surface area contributed by atoms with Crippen LogP contribution in [0.2, 0.25) is 0 Å². The molecule has 0 radical (unpaired) electrons. The third-order valence-corrected chi connectivity index (χ3v) is 15.9. The summed E-state index contributed by atoms with van der Waals surface area (Å²) in [5.41, 5.74) is 12.0. The summed E-state index contributed by atoms with van der Waals surface area (Å²) in [7, 11) is 4.70. The Balaban J connectivity index is 0.000000400. The Hall–Kier alpha value is -6.54. The van der Waals surface area contributed by atoms with Crippen LogP contribution in [-0.4, -0.2) is 174 Å². The number of hydrogen-bond donors (Lipinski definition) is 14. The number of carbonyl (C=O) groups excluding carboxylic acids is 12. The highest BCUT2D eigenvalue weighted by atomic mass is 33.1. The zero-order chi connectivity index (χ0) is 56.8. The molecule has 2 aromatic rings. The van der Waals surface area contributed by atoms with Gasteiger partial charge in [-0.2, -0.15) is 0 Å². The summed E-state index contributed by atoms with van der Waals surface area (Å²) in [5.74, 6) is -7.79. The summed E-state index contributed by atoms with van der Waals surface area (Å²) >= 11 is 0. The van der Waals surface area contributed by atoms with E-state index in [1.165, 1.54) is 95.9 Å². The largest absolute Gasteiger partial charge is 0.368 e. The van der Waals surface area contributed by atoms with Crippen LogP contribution in [0.4, 0.5) is 0 Å². The number of amides is 12. The van der Waals surface area contributed by atoms with Gasteiger partial charge in [0.15, 0.2) is 0 Å². The van der Waals surface area contributed by atoms with Gasteiger partial charge < -0.3 is 74.6 Å². The molecule has 4 heterocycles. The normalized spacial score (nSPS) is 26.4. The van der Waals surface area contributed by atoms with Gasteiger partial charge in [-0.3, -0.25) is 57.5 Å². The molecule has 12 amide bonds. The van der Waals surface area contributed by atoms with Gasteiger partial charge in [0.05, 0.1) is 12.7 Å². The Bertz CT molecular complexity index is 2200. The van der Waals surface area contributed by atoms with E-state index in [9.17, 15) is 57.5 Å². The van der Waals surface area contributed by atoms with Crippen molar-refractivity contribution in [2.24, 2.45) is 23.3 Å². The first kappa shape index (κ1) is 63.8. The molecule has 2 aliphatic heterocycles. The highest BCUT2D eigenvalue weighted by Gasteiger charge is 2.35. The molecule has 0 bridgehead atoms. The maximum absolute atomic E-state index is 13.1. The lowest BCUT2D eigenvalue weighted by Crippen LogP contribution is -2.59. The molecule has 2 fully saturated rings. The first-order valence-corrected chi connectivity index (χ1v) is 28.7. The van der Waals surface area contributed by atoms with Crippen molar-refractivity contribution in [1.82, 2.24) is 73.1 Å². The molecular formula is C44H68N16O12S4. The molecule has 32 heteroatoms. The molecule has 4 rings (SSSR count). The van der Waals surface area contributed by atoms with Gasteiger partial charge in [0.1, 0.15) is 60.4 Å². The number of nitrogens with two attached hydrogens (primary N) is 2. The topological polar surface area (TPSA) is 435 Å². The minimum Gasteiger partial charge on any atom is -0.368 e. The molecule has 16 N–H and O–H groups in total. The number of carbonyl (C=O) groups is 12. The van der Waals surface area contributed by atoms with E-state index in [-0.39, 0.29) is 47.7 Å². The SMILES string of the molecule is CC(=O)N[C@H]1CSSC[C@@H](C(N)=O)NC(=O)[C@H](C(C)C)NC(=O)[C@H](C)NC(=O)[C@H](Cc2cnc[nH]2)NC1=O.CC(=O)N[C@H]1CSSC[C@@H](C(N)=O)NC(=O)[C@H](C(C)C)NC(=O)[C@H](C)NC(=O)[C@H](Cc2cnc[nH]2)NC1=O. The van der Waals surface area contributed by atoms with Gasteiger partial charge in [0, 0.05) is 73.5 Å². The quantitative estimate of drug-likeness (QED) is 0.101. The number of nitrogens with zero attached hydrogens (tertiary/aromatic N) is 2. The molecule has 0 aromatic carbocycles. The third kappa shape index (κ3) is 21.6. The first-order valence-electron chi connectivity index (χ1n) is 23.8. The molecule has 0 spiro atoms. The standard InChI is InChI=1S/2C22H34N8O6S2/c2*1-10(2)17-22(36)29-15(18(23)32)7-37-38-8-16(27-12(4)31)21(35)28-14(5-13-6-24-9-25-13)20(34)26-11(3)19(33)30-17/h2*6,9-11,14-17H,5,7-8H2,1-4H3,(H2,23,32)(H,24,25)(H,26,34)(H,27,31)(H,28,35)(H,29,36)(H,30,33)/t2*11-,14-,15-,16-,17-/m00/s1. The van der Waals surface area contributed by atoms with Crippen LogP contribution in [0.3, 0.4) is 0 Å². The van der Waals surface area contributed by atoms with Crippen LogP contribution in [0.5, 0.6) is 0 Å². The Morgan fingerprint density at radius 1 is 0.513 bits per heavy atom. The zero-order valence-corrected chi connectivity index (χ0v) is 46.3. The van der Waals surface area contributed by atoms with Crippen molar-refractivity contribution in [2.75, 3.05) is 23.0 Å². The first-order chi connectivity index (χ1) is 35.8. The molecule has 10 atom stereocenters. The summed E-state index contributed by atoms with van der Waals surface area (Å²) < 4.78 is 0. The van der Waals surface area contributed by atoms with Gasteiger partial charge in [0.2, 0.25) is 70.9 Å². The molecule has 0 unspecified atom stereocenters. The molecule has 2 saturated heterocycles. The van der Waals surface area contributed by atoms with Crippen LogP contribution in [-0.2, 0) is 70.4 Å². The van der Waals surface area contributed by atoms with Gasteiger partial charge in [-0.25, -0.2) is 9.97 Å². The number of rotatable bonds is 10. The molecule has 0 aliphatic carbocycles. The van der Waals surface area contributed by atoms with Crippen LogP contribution < -0.4 is 64.6 Å². The highest BCUT2D eigenvalue weighted by molar-refractivity contribution is 8.77. The Morgan fingerprint density at radius 2 is 0.855 bits per heavy atom. The predicted octanol–water partition coefficient (Wildman–Crippen LogP) is -4.10. The van der Waals surface area contributed by atoms with E-state index in [1.807, 2.05) is 0 Å². The second-order valence-corrected chi connectivity index (χ2v) is 23.3. The van der Waals surface area contributed by atoms with Crippen molar-refractivity contribution in [3.63, 3.8) is 0 Å². The van der Waals surface area contributed by atoms with Crippen LogP contribution in [0.25, 0.3) is 0 Å². The van der Waals surface area contributed by atoms with E-state index in [0.29, 0.717) is 11.4 Å². The number of imidazole rings is 2. The summed E-state index contributed by atoms with van der Waals surface area (Å²) in [6, 6.07) is -10.5. The number of aromatic nitrogens is 4. The molecule has 2 aromatic heterocycles. The highest BCUT2D eigenvalue weighted by Crippen LogP contribution is 2.25. The molecule has 76 heavy (non-hydrogen) atoms. The van der Waals surface area contributed by atoms with E-state index >= 15 is 0 Å². The lowest BCUT2D eigenvalue weighted by molar-refractivity contribution is -0.135. The maximum Gasteiger partial charge on any atom is 0.244 e. The van der Waals surface area contributed by atoms with Crippen molar-refractivity contribution >= 4 is 114 Å². The lowest BCUT2D eigenvalue weighted by atomic mass is 10.0. The number of hydrogen-bond acceptors (Lipinski definition) is 18. The number of H-pyrrole nitrogens is 2. The molecule has 0 saturated carbocycles. The lowest BCUT2D eigenvalue weighted by Gasteiger charge is -2.26. The summed E-state index contributed by atoms with van der Waals surface area (Å²) in [6.07, 6.45) is 5.92. The second-order valence-electron chi connectivity index (χ2n) is 18.2. The van der Waals surface area contributed by atoms with Crippen molar-refractivity contribution in [2.45, 2.75) is 129 Å². The van der Waals surface area contributed by atoms with Crippen LogP contribution in [0.1, 0.15) is 66.8 Å². The van der Waals surface area contributed by atoms with Crippen molar-refractivity contribution in [3.8, 4) is 0 Å². The van der Waals surface area contributed by atoms with Crippen LogP contribution in [0, 0.1) is 11.8 Å². The average molecular weight is 1140 g/mol. The number of primary amides is 2. The molecule has 420 valence electrons. The van der Waals surface area contributed by atoms with E-state index in [4.69, 9.17) is 11.5 Å². The summed E-state index contributed by atoms with van der Waals surface area (Å²) in [5, 5.41) is 25.8. The minimum absolute atomic E-state index is 0.0396. The Morgan fingerprint density at radius 3 is 1.14 bits per heavy atom. The van der Waals surface area contributed by atoms with Crippen molar-refractivity contribution in [1.29, 1.82) is 0 Å². The fraction of sp³-hybridized carbons (Fsp3) is 0.591. The third-order valence-electron chi connectivity index (χ3n) is 11.0. The second kappa shape index (κ2) is 31.5.